The Kier molecular flexibility index (Phi) is 5.02. The highest BCUT2D eigenvalue weighted by molar-refractivity contribution is 7.89. The fourth-order valence-corrected chi connectivity index (χ4v) is 5.99. The van der Waals surface area contributed by atoms with Gasteiger partial charge in [-0.1, -0.05) is 6.07 Å². The molecule has 0 N–H and O–H groups in total. The molecule has 5 rings (SSSR count). The first-order chi connectivity index (χ1) is 14.9. The van der Waals surface area contributed by atoms with Crippen LogP contribution in [0.4, 0.5) is 5.82 Å². The average Bonchev–Trinajstić information content (AvgIpc) is 2.81. The molecule has 2 aliphatic rings. The number of rotatable bonds is 3. The maximum atomic E-state index is 13.2. The van der Waals surface area contributed by atoms with Crippen molar-refractivity contribution in [1.29, 1.82) is 0 Å². The van der Waals surface area contributed by atoms with E-state index in [4.69, 9.17) is 0 Å². The molecule has 0 unspecified atom stereocenters. The minimum absolute atomic E-state index is 0.202. The third-order valence-corrected chi connectivity index (χ3v) is 8.25. The number of aromatic nitrogens is 3. The van der Waals surface area contributed by atoms with Crippen molar-refractivity contribution in [1.82, 2.24) is 18.8 Å². The molecule has 3 aromatic rings. The van der Waals surface area contributed by atoms with Gasteiger partial charge in [0.1, 0.15) is 0 Å². The Morgan fingerprint density at radius 2 is 1.71 bits per heavy atom. The number of hydrogen-bond donors (Lipinski definition) is 0. The van der Waals surface area contributed by atoms with Crippen LogP contribution in [0.25, 0.3) is 11.0 Å². The maximum Gasteiger partial charge on any atom is 0.293 e. The summed E-state index contributed by atoms with van der Waals surface area (Å²) < 4.78 is 29.5. The molecule has 0 atom stereocenters. The van der Waals surface area contributed by atoms with Crippen molar-refractivity contribution < 1.29 is 8.42 Å². The van der Waals surface area contributed by atoms with Gasteiger partial charge in [-0.2, -0.15) is 4.31 Å². The fraction of sp³-hybridized carbons (Fsp3) is 0.409. The van der Waals surface area contributed by atoms with Crippen molar-refractivity contribution >= 4 is 26.9 Å². The van der Waals surface area contributed by atoms with E-state index in [1.807, 2.05) is 17.0 Å². The predicted octanol–water partition coefficient (Wildman–Crippen LogP) is 1.72. The molecule has 1 aliphatic heterocycles. The van der Waals surface area contributed by atoms with Crippen LogP contribution in [-0.2, 0) is 29.9 Å². The number of pyridine rings is 1. The van der Waals surface area contributed by atoms with Gasteiger partial charge >= 0.3 is 0 Å². The van der Waals surface area contributed by atoms with Gasteiger partial charge in [-0.15, -0.1) is 0 Å². The van der Waals surface area contributed by atoms with Gasteiger partial charge in [0.15, 0.2) is 5.82 Å². The third kappa shape index (κ3) is 3.51. The monoisotopic (exact) mass is 439 g/mol. The Balaban J connectivity index is 1.37. The van der Waals surface area contributed by atoms with E-state index in [-0.39, 0.29) is 5.56 Å². The third-order valence-electron chi connectivity index (χ3n) is 6.36. The lowest BCUT2D eigenvalue weighted by Crippen LogP contribution is -2.50. The van der Waals surface area contributed by atoms with Crippen molar-refractivity contribution in [2.75, 3.05) is 31.1 Å². The van der Waals surface area contributed by atoms with E-state index >= 15 is 0 Å². The van der Waals surface area contributed by atoms with Gasteiger partial charge in [0.25, 0.3) is 5.56 Å². The summed E-state index contributed by atoms with van der Waals surface area (Å²) >= 11 is 0. The Morgan fingerprint density at radius 1 is 0.968 bits per heavy atom. The molecule has 0 radical (unpaired) electrons. The highest BCUT2D eigenvalue weighted by Gasteiger charge is 2.30. The molecular weight excluding hydrogens is 414 g/mol. The first kappa shape index (κ1) is 20.1. The summed E-state index contributed by atoms with van der Waals surface area (Å²) in [4.78, 5) is 23.7. The number of aryl methyl sites for hydroxylation is 3. The van der Waals surface area contributed by atoms with Gasteiger partial charge in [0, 0.05) is 39.4 Å². The zero-order valence-electron chi connectivity index (χ0n) is 17.5. The van der Waals surface area contributed by atoms with Crippen LogP contribution in [0.1, 0.15) is 24.0 Å². The molecular formula is C22H25N5O3S. The van der Waals surface area contributed by atoms with Gasteiger partial charge in [0.05, 0.1) is 22.1 Å². The van der Waals surface area contributed by atoms with Crippen LogP contribution in [-0.4, -0.2) is 53.4 Å². The summed E-state index contributed by atoms with van der Waals surface area (Å²) in [5.74, 6) is 0.354. The van der Waals surface area contributed by atoms with E-state index in [1.54, 1.807) is 36.1 Å². The predicted molar refractivity (Wildman–Crippen MR) is 119 cm³/mol. The van der Waals surface area contributed by atoms with E-state index in [2.05, 4.69) is 9.97 Å². The van der Waals surface area contributed by atoms with Crippen LogP contribution >= 0.6 is 0 Å². The largest absolute Gasteiger partial charge is 0.349 e. The molecule has 31 heavy (non-hydrogen) atoms. The lowest BCUT2D eigenvalue weighted by atomic mass is 9.92. The first-order valence-electron chi connectivity index (χ1n) is 10.6. The molecule has 8 nitrogen and oxygen atoms in total. The van der Waals surface area contributed by atoms with Crippen molar-refractivity contribution in [2.24, 2.45) is 7.05 Å². The SMILES string of the molecule is Cn1c(=O)c(N2CCN(S(=O)(=O)c3ccc4c(c3)CCCC4)CC2)nc2ccncc21. The zero-order chi connectivity index (χ0) is 21.6. The van der Waals surface area contributed by atoms with Crippen molar-refractivity contribution in [3.63, 3.8) is 0 Å². The van der Waals surface area contributed by atoms with Gasteiger partial charge in [0.2, 0.25) is 10.0 Å². The molecule has 162 valence electrons. The maximum absolute atomic E-state index is 13.2. The second kappa shape index (κ2) is 7.72. The van der Waals surface area contributed by atoms with E-state index in [0.29, 0.717) is 47.9 Å². The zero-order valence-corrected chi connectivity index (χ0v) is 18.3. The standard InChI is InChI=1S/C22H25N5O3S/c1-25-20-15-23-9-8-19(20)24-21(22(25)28)26-10-12-27(13-11-26)31(29,30)18-7-6-16-4-2-3-5-17(16)14-18/h6-9,14-15H,2-5,10-13H2,1H3. The van der Waals surface area contributed by atoms with Crippen LogP contribution in [0.15, 0.2) is 46.3 Å². The van der Waals surface area contributed by atoms with Crippen LogP contribution in [0.3, 0.4) is 0 Å². The quantitative estimate of drug-likeness (QED) is 0.618. The second-order valence-corrected chi connectivity index (χ2v) is 10.1. The number of sulfonamides is 1. The van der Waals surface area contributed by atoms with Crippen LogP contribution in [0.5, 0.6) is 0 Å². The summed E-state index contributed by atoms with van der Waals surface area (Å²) in [6, 6.07) is 7.33. The van der Waals surface area contributed by atoms with Gasteiger partial charge in [-0.25, -0.2) is 13.4 Å². The smallest absolute Gasteiger partial charge is 0.293 e. The fourth-order valence-electron chi connectivity index (χ4n) is 4.52. The number of fused-ring (bicyclic) bond motifs is 2. The lowest BCUT2D eigenvalue weighted by molar-refractivity contribution is 0.383. The molecule has 1 fully saturated rings. The van der Waals surface area contributed by atoms with Crippen LogP contribution in [0.2, 0.25) is 0 Å². The second-order valence-electron chi connectivity index (χ2n) is 8.19. The van der Waals surface area contributed by atoms with Gasteiger partial charge in [-0.05, 0) is 55.0 Å². The minimum atomic E-state index is -3.56. The number of anilines is 1. The van der Waals surface area contributed by atoms with Gasteiger partial charge < -0.3 is 9.47 Å². The Hall–Kier alpha value is -2.78. The average molecular weight is 440 g/mol. The molecule has 0 spiro atoms. The Morgan fingerprint density at radius 3 is 2.48 bits per heavy atom. The highest BCUT2D eigenvalue weighted by atomic mass is 32.2. The first-order valence-corrected chi connectivity index (χ1v) is 12.1. The van der Waals surface area contributed by atoms with E-state index < -0.39 is 10.0 Å². The lowest BCUT2D eigenvalue weighted by Gasteiger charge is -2.34. The normalized spacial score (nSPS) is 17.6. The van der Waals surface area contributed by atoms with E-state index in [1.165, 1.54) is 16.3 Å². The molecule has 9 heteroatoms. The highest BCUT2D eigenvalue weighted by Crippen LogP contribution is 2.26. The van der Waals surface area contributed by atoms with Crippen molar-refractivity contribution in [2.45, 2.75) is 30.6 Å². The summed E-state index contributed by atoms with van der Waals surface area (Å²) in [5.41, 5.74) is 3.58. The van der Waals surface area contributed by atoms with Crippen LogP contribution in [0, 0.1) is 0 Å². The molecule has 0 saturated carbocycles. The molecule has 0 bridgehead atoms. The summed E-state index contributed by atoms with van der Waals surface area (Å²) in [5, 5.41) is 0. The molecule has 1 aliphatic carbocycles. The summed E-state index contributed by atoms with van der Waals surface area (Å²) in [7, 11) is -1.86. The number of nitrogens with zero attached hydrogens (tertiary/aromatic N) is 5. The van der Waals surface area contributed by atoms with E-state index in [0.717, 1.165) is 24.8 Å². The minimum Gasteiger partial charge on any atom is -0.349 e. The molecule has 1 aromatic carbocycles. The molecule has 3 heterocycles. The van der Waals surface area contributed by atoms with E-state index in [9.17, 15) is 13.2 Å². The van der Waals surface area contributed by atoms with Crippen molar-refractivity contribution in [3.8, 4) is 0 Å². The summed E-state index contributed by atoms with van der Waals surface area (Å²) in [6.07, 6.45) is 7.51. The Bertz CT molecular complexity index is 1310. The number of benzene rings is 1. The molecule has 1 saturated heterocycles. The van der Waals surface area contributed by atoms with Crippen LogP contribution < -0.4 is 10.5 Å². The number of hydrogen-bond acceptors (Lipinski definition) is 6. The molecule has 0 amide bonds. The van der Waals surface area contributed by atoms with Gasteiger partial charge in [-0.3, -0.25) is 9.78 Å². The summed E-state index contributed by atoms with van der Waals surface area (Å²) in [6.45, 7) is 1.48. The Labute approximate surface area is 181 Å². The number of piperazine rings is 1. The topological polar surface area (TPSA) is 88.4 Å². The van der Waals surface area contributed by atoms with Crippen molar-refractivity contribution in [3.05, 3.63) is 58.1 Å². The molecule has 2 aromatic heterocycles.